The van der Waals surface area contributed by atoms with Gasteiger partial charge in [0, 0.05) is 91.1 Å². The molecule has 2 aliphatic heterocycles. The maximum absolute atomic E-state index is 14.0. The Hall–Kier alpha value is -8.46. The lowest BCUT2D eigenvalue weighted by Crippen LogP contribution is -2.60. The number of ether oxygens (including phenoxy) is 3. The predicted octanol–water partition coefficient (Wildman–Crippen LogP) is 6.51. The van der Waals surface area contributed by atoms with Crippen LogP contribution < -0.4 is 43.0 Å². The number of likely N-dealkylation sites (N-methyl/N-ethyl adjacent to an activating group) is 2. The van der Waals surface area contributed by atoms with Crippen molar-refractivity contribution in [1.82, 2.24) is 51.5 Å². The molecule has 2 aromatic carbocycles. The number of carbonyl (C=O) groups is 12. The lowest BCUT2D eigenvalue weighted by molar-refractivity contribution is -0.143. The van der Waals surface area contributed by atoms with Crippen LogP contribution in [0.15, 0.2) is 66.7 Å². The highest BCUT2D eigenvalue weighted by Gasteiger charge is 2.42. The molecule has 101 heavy (non-hydrogen) atoms. The quantitative estimate of drug-likeness (QED) is 0.0262. The molecule has 2 aromatic rings. The van der Waals surface area contributed by atoms with Crippen molar-refractivity contribution in [3.63, 3.8) is 0 Å². The summed E-state index contributed by atoms with van der Waals surface area (Å²) < 4.78 is 17.1. The molecule has 0 radical (unpaired) electrons. The zero-order chi connectivity index (χ0) is 76.0. The van der Waals surface area contributed by atoms with Crippen molar-refractivity contribution in [2.45, 2.75) is 234 Å². The first kappa shape index (κ1) is 86.8. The molecular weight excluding hydrogens is 1300 g/mol. The topological polar surface area (TPSA) is 356 Å². The number of hydrogen-bond acceptors (Lipinski definition) is 15. The fraction of sp³-hybridized carbons (Fsp3) is 0.649. The summed E-state index contributed by atoms with van der Waals surface area (Å²) in [5.41, 5.74) is 6.70. The zero-order valence-corrected chi connectivity index (χ0v) is 63.0. The van der Waals surface area contributed by atoms with Crippen LogP contribution in [0.5, 0.6) is 0 Å². The highest BCUT2D eigenvalue weighted by molar-refractivity contribution is 6.12. The summed E-state index contributed by atoms with van der Waals surface area (Å²) in [5.74, 6) is -4.80. The second-order valence-electron chi connectivity index (χ2n) is 28.4. The summed E-state index contributed by atoms with van der Waals surface area (Å²) in [5, 5.41) is 19.6. The Labute approximate surface area is 598 Å². The van der Waals surface area contributed by atoms with Crippen LogP contribution >= 0.6 is 0 Å². The monoisotopic (exact) mass is 1410 g/mol. The van der Waals surface area contributed by atoms with Crippen LogP contribution in [0, 0.1) is 29.6 Å². The van der Waals surface area contributed by atoms with Gasteiger partial charge in [-0.2, -0.15) is 0 Å². The molecule has 27 nitrogen and oxygen atoms in total. The molecule has 0 aromatic heterocycles. The lowest BCUT2D eigenvalue weighted by atomic mass is 9.90. The number of anilines is 1. The first-order valence-electron chi connectivity index (χ1n) is 35.5. The van der Waals surface area contributed by atoms with Crippen molar-refractivity contribution < 1.29 is 71.7 Å². The number of carbonyl (C=O) groups excluding carboxylic acids is 12. The van der Waals surface area contributed by atoms with Crippen LogP contribution in [0.3, 0.4) is 0 Å². The van der Waals surface area contributed by atoms with E-state index in [9.17, 15) is 57.5 Å². The van der Waals surface area contributed by atoms with Gasteiger partial charge in [-0.25, -0.2) is 9.59 Å². The van der Waals surface area contributed by atoms with Crippen molar-refractivity contribution in [1.29, 1.82) is 0 Å². The SMILES string of the molecule is CC[C@H](C)[C@@H]([C@@H](CC)OC)N(C)C(=O)[C@@H](NC(=O)[C@H](C(C)C)N(C)C(=O)OCc1ccc(NC(=O)[C@H](CCCNC(N)=O)NC(=O)[C@@H](NC(=O)CCCCCN2C(=O)C=CC2=O)C(C)C)cc1)C(C)C.CO[C@H]([C@@H](C)C(=O)N[C@@H](Cc1ccccc1)C(=O)NC(C)(C)C)[C@@H]1CCCN1C(C)=O. The van der Waals surface area contributed by atoms with E-state index in [0.717, 1.165) is 29.7 Å². The second kappa shape index (κ2) is 42.7. The van der Waals surface area contributed by atoms with Crippen molar-refractivity contribution in [3.05, 3.63) is 77.9 Å². The number of urea groups is 1. The highest BCUT2D eigenvalue weighted by atomic mass is 16.6. The van der Waals surface area contributed by atoms with Gasteiger partial charge in [0.1, 0.15) is 36.8 Å². The molecule has 2 aliphatic rings. The average Bonchev–Trinajstić information content (AvgIpc) is 1.80. The third-order valence-corrected chi connectivity index (χ3v) is 18.3. The molecule has 13 amide bonds. The number of methoxy groups -OCH3 is 2. The van der Waals surface area contributed by atoms with Gasteiger partial charge >= 0.3 is 12.1 Å². The normalized spacial score (nSPS) is 16.6. The first-order valence-corrected chi connectivity index (χ1v) is 35.5. The Morgan fingerprint density at radius 3 is 1.81 bits per heavy atom. The van der Waals surface area contributed by atoms with Gasteiger partial charge in [0.2, 0.25) is 47.3 Å². The number of benzene rings is 2. The van der Waals surface area contributed by atoms with E-state index in [1.165, 1.54) is 24.1 Å². The minimum atomic E-state index is -1.08. The van der Waals surface area contributed by atoms with Gasteiger partial charge in [0.25, 0.3) is 11.8 Å². The number of likely N-dealkylation sites (tertiary alicyclic amines) is 1. The Balaban J connectivity index is 0.000000707. The third-order valence-electron chi connectivity index (χ3n) is 18.3. The fourth-order valence-electron chi connectivity index (χ4n) is 12.5. The van der Waals surface area contributed by atoms with Crippen molar-refractivity contribution in [3.8, 4) is 0 Å². The van der Waals surface area contributed by atoms with Crippen LogP contribution in [0.25, 0.3) is 0 Å². The molecular formula is C74H118N12O15. The van der Waals surface area contributed by atoms with E-state index in [-0.39, 0.29) is 122 Å². The van der Waals surface area contributed by atoms with Gasteiger partial charge < -0.3 is 67.0 Å². The van der Waals surface area contributed by atoms with E-state index in [4.69, 9.17) is 19.9 Å². The van der Waals surface area contributed by atoms with E-state index in [1.807, 2.05) is 71.9 Å². The number of unbranched alkanes of at least 4 members (excludes halogenated alkanes) is 2. The molecule has 4 rings (SSSR count). The molecule has 0 bridgehead atoms. The van der Waals surface area contributed by atoms with Gasteiger partial charge in [-0.05, 0) is 113 Å². The van der Waals surface area contributed by atoms with E-state index >= 15 is 0 Å². The van der Waals surface area contributed by atoms with Crippen LogP contribution in [0.4, 0.5) is 15.3 Å². The number of rotatable bonds is 38. The number of nitrogens with one attached hydrogen (secondary N) is 7. The summed E-state index contributed by atoms with van der Waals surface area (Å²) in [4.78, 5) is 160. The maximum atomic E-state index is 14.0. The zero-order valence-electron chi connectivity index (χ0n) is 63.0. The Morgan fingerprint density at radius 1 is 0.663 bits per heavy atom. The smallest absolute Gasteiger partial charge is 0.410 e. The minimum Gasteiger partial charge on any atom is -0.445 e. The molecule has 1 saturated heterocycles. The van der Waals surface area contributed by atoms with E-state index in [2.05, 4.69) is 51.1 Å². The molecule has 2 heterocycles. The second-order valence-corrected chi connectivity index (χ2v) is 28.4. The first-order chi connectivity index (χ1) is 47.5. The summed E-state index contributed by atoms with van der Waals surface area (Å²) in [6.45, 7) is 27.0. The number of imide groups is 1. The molecule has 0 saturated carbocycles. The highest BCUT2D eigenvalue weighted by Crippen LogP contribution is 2.28. The Morgan fingerprint density at radius 2 is 1.28 bits per heavy atom. The Bertz CT molecular complexity index is 3060. The lowest BCUT2D eigenvalue weighted by Gasteiger charge is -2.40. The summed E-state index contributed by atoms with van der Waals surface area (Å²) in [6.07, 6.45) is 6.73. The minimum absolute atomic E-state index is 0.0105. The van der Waals surface area contributed by atoms with Crippen LogP contribution in [0.1, 0.15) is 172 Å². The van der Waals surface area contributed by atoms with Gasteiger partial charge in [-0.3, -0.25) is 57.7 Å². The van der Waals surface area contributed by atoms with E-state index in [1.54, 1.807) is 96.9 Å². The van der Waals surface area contributed by atoms with Crippen LogP contribution in [-0.2, 0) is 75.2 Å². The maximum Gasteiger partial charge on any atom is 0.410 e. The molecule has 27 heteroatoms. The molecule has 1 fully saturated rings. The summed E-state index contributed by atoms with van der Waals surface area (Å²) in [7, 11) is 6.41. The molecule has 0 spiro atoms. The average molecular weight is 1420 g/mol. The number of nitrogens with zero attached hydrogens (tertiary/aromatic N) is 4. The van der Waals surface area contributed by atoms with Crippen molar-refractivity contribution in [2.75, 3.05) is 53.3 Å². The van der Waals surface area contributed by atoms with Crippen LogP contribution in [0.2, 0.25) is 0 Å². The van der Waals surface area contributed by atoms with Crippen molar-refractivity contribution in [2.24, 2.45) is 35.3 Å². The van der Waals surface area contributed by atoms with Gasteiger partial charge in [-0.15, -0.1) is 0 Å². The van der Waals surface area contributed by atoms with Crippen LogP contribution in [-0.4, -0.2) is 199 Å². The fourth-order valence-corrected chi connectivity index (χ4v) is 12.5. The van der Waals surface area contributed by atoms with E-state index < -0.39 is 77.6 Å². The third kappa shape index (κ3) is 28.1. The molecule has 0 aliphatic carbocycles. The largest absolute Gasteiger partial charge is 0.445 e. The van der Waals surface area contributed by atoms with Crippen molar-refractivity contribution >= 4 is 76.9 Å². The number of hydrogen-bond donors (Lipinski definition) is 8. The number of nitrogens with two attached hydrogens (primary N) is 1. The molecule has 564 valence electrons. The number of amides is 13. The Kier molecular flexibility index (Phi) is 36.7. The predicted molar refractivity (Wildman–Crippen MR) is 386 cm³/mol. The van der Waals surface area contributed by atoms with Gasteiger partial charge in [-0.1, -0.05) is 125 Å². The van der Waals surface area contributed by atoms with Gasteiger partial charge in [0.05, 0.1) is 30.2 Å². The standard InChI is InChI=1S/C50H81N9O11.C24H37N3O4/c1-13-33(9)44(37(14-2)69-12)57(10)48(66)42(31(5)6)56-47(65)43(32(7)8)58(11)50(68)70-29-34-21-23-35(24-22-34)53-45(63)36(19-18-27-52-49(51)67)54-46(64)41(30(3)4)55-38(60)20-16-15-17-28-59-39(61)25-26-40(59)62;1-16(21(31-6)20-13-10-14-27(20)17(2)28)22(29)25-19(23(30)26-24(3,4)5)15-18-11-8-7-9-12-18/h21-26,30-33,36-37,41-44H,13-20,27-29H2,1-12H3,(H,53,63)(H,54,64)(H,55,60)(H,56,65)(H3,51,52,67);7-9,11-12,16,19-21H,10,13-15H2,1-6H3,(H,25,29)(H,26,30)/t33-,36-,37+,41-,42-,43-,44-;16-,19+,20+,21-/m01/s1. The molecule has 0 unspecified atom stereocenters. The van der Waals surface area contributed by atoms with E-state index in [0.29, 0.717) is 49.9 Å². The summed E-state index contributed by atoms with van der Waals surface area (Å²) >= 11 is 0. The van der Waals surface area contributed by atoms with Gasteiger partial charge in [0.15, 0.2) is 0 Å². The molecule has 9 N–H and O–H groups in total. The summed E-state index contributed by atoms with van der Waals surface area (Å²) in [6, 6.07) is 10.4. The molecule has 11 atom stereocenters. The number of primary amides is 1.